The SMILES string of the molecule is Cc1cccc(C2(Cn3cc(O)c(=O)c(C(=O)NCc4cc(C)cs4)n3)CCCC2)c1. The molecule has 2 N–H and O–H groups in total. The van der Waals surface area contributed by atoms with Crippen molar-refractivity contribution < 1.29 is 9.90 Å². The largest absolute Gasteiger partial charge is 0.503 e. The first-order valence-corrected chi connectivity index (χ1v) is 11.4. The Balaban J connectivity index is 1.61. The van der Waals surface area contributed by atoms with Crippen molar-refractivity contribution in [3.05, 3.63) is 79.4 Å². The van der Waals surface area contributed by atoms with E-state index < -0.39 is 17.1 Å². The van der Waals surface area contributed by atoms with Crippen LogP contribution in [-0.2, 0) is 18.5 Å². The molecule has 2 aromatic heterocycles. The van der Waals surface area contributed by atoms with Crippen LogP contribution in [0.5, 0.6) is 5.75 Å². The quantitative estimate of drug-likeness (QED) is 0.609. The molecule has 31 heavy (non-hydrogen) atoms. The Labute approximate surface area is 185 Å². The Hall–Kier alpha value is -2.93. The lowest BCUT2D eigenvalue weighted by Crippen LogP contribution is -2.34. The summed E-state index contributed by atoms with van der Waals surface area (Å²) < 4.78 is 1.56. The van der Waals surface area contributed by atoms with Crippen molar-refractivity contribution >= 4 is 17.2 Å². The Morgan fingerprint density at radius 2 is 2.00 bits per heavy atom. The molecule has 7 heteroatoms. The lowest BCUT2D eigenvalue weighted by Gasteiger charge is -2.30. The normalized spacial score (nSPS) is 15.2. The van der Waals surface area contributed by atoms with Gasteiger partial charge in [-0.3, -0.25) is 14.3 Å². The van der Waals surface area contributed by atoms with Crippen LogP contribution in [0.2, 0.25) is 0 Å². The molecule has 6 nitrogen and oxygen atoms in total. The number of aryl methyl sites for hydroxylation is 2. The predicted octanol–water partition coefficient (Wildman–Crippen LogP) is 4.07. The standard InChI is InChI=1S/C24H27N3O3S/c1-16-6-5-7-18(10-16)24(8-3-4-9-24)15-27-13-20(28)22(29)21(26-27)23(30)25-12-19-11-17(2)14-31-19/h5-7,10-11,13-14,28H,3-4,8-9,12,15H2,1-2H3,(H,25,30). The predicted molar refractivity (Wildman–Crippen MR) is 122 cm³/mol. The van der Waals surface area contributed by atoms with Gasteiger partial charge in [-0.05, 0) is 49.3 Å². The van der Waals surface area contributed by atoms with Gasteiger partial charge in [0.15, 0.2) is 11.4 Å². The molecule has 3 aromatic rings. The van der Waals surface area contributed by atoms with Crippen molar-refractivity contribution in [2.24, 2.45) is 0 Å². The zero-order chi connectivity index (χ0) is 22.0. The monoisotopic (exact) mass is 437 g/mol. The number of benzene rings is 1. The summed E-state index contributed by atoms with van der Waals surface area (Å²) >= 11 is 1.55. The van der Waals surface area contributed by atoms with Crippen LogP contribution < -0.4 is 10.7 Å². The van der Waals surface area contributed by atoms with Gasteiger partial charge in [-0.2, -0.15) is 5.10 Å². The molecule has 0 bridgehead atoms. The summed E-state index contributed by atoms with van der Waals surface area (Å²) in [7, 11) is 0. The van der Waals surface area contributed by atoms with Gasteiger partial charge in [-0.15, -0.1) is 11.3 Å². The lowest BCUT2D eigenvalue weighted by atomic mass is 9.78. The summed E-state index contributed by atoms with van der Waals surface area (Å²) in [6, 6.07) is 10.5. The van der Waals surface area contributed by atoms with E-state index in [4.69, 9.17) is 0 Å². The molecule has 162 valence electrons. The summed E-state index contributed by atoms with van der Waals surface area (Å²) in [5, 5.41) is 19.3. The van der Waals surface area contributed by atoms with Crippen LogP contribution in [-0.4, -0.2) is 20.8 Å². The summed E-state index contributed by atoms with van der Waals surface area (Å²) in [6.45, 7) is 4.90. The number of carbonyl (C=O) groups excluding carboxylic acids is 1. The average Bonchev–Trinajstić information content (AvgIpc) is 3.38. The minimum atomic E-state index is -0.743. The van der Waals surface area contributed by atoms with Crippen LogP contribution in [0.15, 0.2) is 46.7 Å². The second-order valence-corrected chi connectivity index (χ2v) is 9.52. The molecule has 0 aliphatic heterocycles. The molecule has 1 saturated carbocycles. The summed E-state index contributed by atoms with van der Waals surface area (Å²) in [5.41, 5.74) is 2.43. The molecule has 0 atom stereocenters. The number of aromatic nitrogens is 2. The summed E-state index contributed by atoms with van der Waals surface area (Å²) in [4.78, 5) is 26.1. The number of nitrogens with one attached hydrogen (secondary N) is 1. The van der Waals surface area contributed by atoms with Crippen molar-refractivity contribution in [2.75, 3.05) is 0 Å². The van der Waals surface area contributed by atoms with E-state index in [1.54, 1.807) is 16.0 Å². The van der Waals surface area contributed by atoms with Gasteiger partial charge in [0.1, 0.15) is 0 Å². The van der Waals surface area contributed by atoms with Gasteiger partial charge in [0.05, 0.1) is 19.3 Å². The maximum atomic E-state index is 12.7. The van der Waals surface area contributed by atoms with E-state index in [1.165, 1.54) is 17.3 Å². The highest BCUT2D eigenvalue weighted by molar-refractivity contribution is 7.10. The van der Waals surface area contributed by atoms with Gasteiger partial charge in [0.25, 0.3) is 11.3 Å². The van der Waals surface area contributed by atoms with Crippen LogP contribution in [0.25, 0.3) is 0 Å². The minimum absolute atomic E-state index is 0.122. The second kappa shape index (κ2) is 8.67. The maximum absolute atomic E-state index is 12.7. The van der Waals surface area contributed by atoms with Crippen LogP contribution in [0.4, 0.5) is 0 Å². The zero-order valence-electron chi connectivity index (χ0n) is 17.9. The second-order valence-electron chi connectivity index (χ2n) is 8.52. The van der Waals surface area contributed by atoms with Crippen LogP contribution in [0.3, 0.4) is 0 Å². The molecule has 1 amide bonds. The van der Waals surface area contributed by atoms with E-state index in [1.807, 2.05) is 18.4 Å². The minimum Gasteiger partial charge on any atom is -0.503 e. The van der Waals surface area contributed by atoms with E-state index in [0.29, 0.717) is 13.1 Å². The van der Waals surface area contributed by atoms with Gasteiger partial charge in [-0.25, -0.2) is 0 Å². The molecule has 1 aliphatic carbocycles. The van der Waals surface area contributed by atoms with Crippen LogP contribution in [0.1, 0.15) is 57.7 Å². The number of nitrogens with zero attached hydrogens (tertiary/aromatic N) is 2. The first kappa shape index (κ1) is 21.3. The molecule has 0 spiro atoms. The average molecular weight is 438 g/mol. The number of aromatic hydroxyl groups is 1. The van der Waals surface area contributed by atoms with E-state index in [0.717, 1.165) is 36.1 Å². The Morgan fingerprint density at radius 3 is 2.68 bits per heavy atom. The number of rotatable bonds is 6. The molecule has 0 saturated heterocycles. The van der Waals surface area contributed by atoms with Crippen molar-refractivity contribution in [3.8, 4) is 5.75 Å². The van der Waals surface area contributed by atoms with Gasteiger partial charge >= 0.3 is 0 Å². The van der Waals surface area contributed by atoms with Gasteiger partial charge < -0.3 is 10.4 Å². The number of hydrogen-bond donors (Lipinski definition) is 2. The molecule has 2 heterocycles. The molecule has 1 fully saturated rings. The number of carbonyl (C=O) groups is 1. The number of thiophene rings is 1. The topological polar surface area (TPSA) is 84.2 Å². The Bertz CT molecular complexity index is 1160. The fourth-order valence-corrected chi connectivity index (χ4v) is 5.28. The highest BCUT2D eigenvalue weighted by atomic mass is 32.1. The Kier molecular flexibility index (Phi) is 5.96. The van der Waals surface area contributed by atoms with Crippen molar-refractivity contribution in [1.29, 1.82) is 0 Å². The number of hydrogen-bond acceptors (Lipinski definition) is 5. The molecular formula is C24H27N3O3S. The lowest BCUT2D eigenvalue weighted by molar-refractivity contribution is 0.0941. The van der Waals surface area contributed by atoms with Crippen molar-refractivity contribution in [3.63, 3.8) is 0 Å². The third-order valence-corrected chi connectivity index (χ3v) is 7.08. The molecule has 0 radical (unpaired) electrons. The van der Waals surface area contributed by atoms with Gasteiger partial charge in [-0.1, -0.05) is 42.7 Å². The summed E-state index contributed by atoms with van der Waals surface area (Å²) in [6.07, 6.45) is 5.59. The first-order valence-electron chi connectivity index (χ1n) is 10.6. The third-order valence-electron chi connectivity index (χ3n) is 6.03. The summed E-state index contributed by atoms with van der Waals surface area (Å²) in [5.74, 6) is -1.03. The highest BCUT2D eigenvalue weighted by Gasteiger charge is 2.36. The number of amides is 1. The molecule has 0 unspecified atom stereocenters. The smallest absolute Gasteiger partial charge is 0.276 e. The van der Waals surface area contributed by atoms with E-state index >= 15 is 0 Å². The van der Waals surface area contributed by atoms with Gasteiger partial charge in [0.2, 0.25) is 0 Å². The van der Waals surface area contributed by atoms with Crippen molar-refractivity contribution in [1.82, 2.24) is 15.1 Å². The zero-order valence-corrected chi connectivity index (χ0v) is 18.7. The molecule has 4 rings (SSSR count). The fourth-order valence-electron chi connectivity index (χ4n) is 4.46. The maximum Gasteiger partial charge on any atom is 0.276 e. The highest BCUT2D eigenvalue weighted by Crippen LogP contribution is 2.42. The van der Waals surface area contributed by atoms with E-state index in [-0.39, 0.29) is 11.1 Å². The van der Waals surface area contributed by atoms with Crippen LogP contribution >= 0.6 is 11.3 Å². The van der Waals surface area contributed by atoms with E-state index in [2.05, 4.69) is 41.6 Å². The van der Waals surface area contributed by atoms with Crippen molar-refractivity contribution in [2.45, 2.75) is 58.0 Å². The molecular weight excluding hydrogens is 410 g/mol. The Morgan fingerprint density at radius 1 is 1.23 bits per heavy atom. The third kappa shape index (κ3) is 4.56. The molecule has 1 aromatic carbocycles. The van der Waals surface area contributed by atoms with E-state index in [9.17, 15) is 14.7 Å². The fraction of sp³-hybridized carbons (Fsp3) is 0.375. The molecule has 1 aliphatic rings. The van der Waals surface area contributed by atoms with Crippen LogP contribution in [0, 0.1) is 13.8 Å². The first-order chi connectivity index (χ1) is 14.9. The van der Waals surface area contributed by atoms with Gasteiger partial charge in [0, 0.05) is 10.3 Å².